The number of halogens is 1. The molecule has 1 aromatic carbocycles. The van der Waals surface area contributed by atoms with E-state index in [4.69, 9.17) is 11.6 Å². The molecule has 9 nitrogen and oxygen atoms in total. The number of hydrogen-bond donors (Lipinski definition) is 2. The molecule has 0 saturated carbocycles. The maximum absolute atomic E-state index is 13.0. The third kappa shape index (κ3) is 4.10. The Kier molecular flexibility index (Phi) is 5.72. The first kappa shape index (κ1) is 22.3. The molecular formula is C22H26ClN5O4. The van der Waals surface area contributed by atoms with Gasteiger partial charge in [-0.15, -0.1) is 0 Å². The minimum Gasteiger partial charge on any atom is -0.388 e. The topological polar surface area (TPSA) is 113 Å². The van der Waals surface area contributed by atoms with E-state index in [0.717, 1.165) is 16.9 Å². The van der Waals surface area contributed by atoms with Gasteiger partial charge in [-0.25, -0.2) is 9.78 Å². The Morgan fingerprint density at radius 3 is 2.88 bits per heavy atom. The largest absolute Gasteiger partial charge is 0.388 e. The molecule has 0 bridgehead atoms. The summed E-state index contributed by atoms with van der Waals surface area (Å²) in [6.07, 6.45) is 2.47. The summed E-state index contributed by atoms with van der Waals surface area (Å²) in [5.41, 5.74) is -0.159. The van der Waals surface area contributed by atoms with Crippen molar-refractivity contribution in [2.45, 2.75) is 44.8 Å². The first-order chi connectivity index (χ1) is 15.1. The van der Waals surface area contributed by atoms with Crippen LogP contribution < -0.4 is 11.2 Å². The van der Waals surface area contributed by atoms with Crippen LogP contribution in [-0.2, 0) is 18.3 Å². The number of carbonyl (C=O) groups excluding carboxylic acids is 1. The molecule has 2 atom stereocenters. The number of amides is 1. The van der Waals surface area contributed by atoms with Crippen LogP contribution in [0.2, 0.25) is 5.02 Å². The summed E-state index contributed by atoms with van der Waals surface area (Å²) in [6.45, 7) is 3.81. The molecule has 3 heterocycles. The van der Waals surface area contributed by atoms with E-state index in [-0.39, 0.29) is 18.9 Å². The van der Waals surface area contributed by atoms with Gasteiger partial charge in [-0.1, -0.05) is 11.6 Å². The van der Waals surface area contributed by atoms with Crippen molar-refractivity contribution in [2.24, 2.45) is 7.05 Å². The number of H-pyrrole nitrogens is 1. The highest BCUT2D eigenvalue weighted by molar-refractivity contribution is 6.31. The van der Waals surface area contributed by atoms with Crippen molar-refractivity contribution in [3.8, 4) is 0 Å². The number of aromatic amines is 1. The fraction of sp³-hybridized carbons (Fsp3) is 0.455. The maximum atomic E-state index is 13.0. The molecule has 3 aromatic rings. The Labute approximate surface area is 189 Å². The standard InChI is InChI=1S/C22H26ClN5O4/c1-13-11-28(21(31)25-20(13)30)17-12-27(9-8-22(17,2)32)19(29)7-6-18-24-15-10-14(23)4-5-16(15)26(18)3/h4-5,10-11,17,32H,6-9,12H2,1-3H3,(H,25,30,31)/t17-,22-/m1/s1. The van der Waals surface area contributed by atoms with Crippen molar-refractivity contribution in [2.75, 3.05) is 13.1 Å². The average Bonchev–Trinajstić information content (AvgIpc) is 3.03. The number of rotatable bonds is 4. The molecule has 2 aromatic heterocycles. The van der Waals surface area contributed by atoms with E-state index in [1.165, 1.54) is 10.8 Å². The van der Waals surface area contributed by atoms with Crippen LogP contribution in [0.1, 0.15) is 37.2 Å². The van der Waals surface area contributed by atoms with Gasteiger partial charge in [-0.05, 0) is 38.5 Å². The zero-order valence-corrected chi connectivity index (χ0v) is 19.0. The molecule has 2 N–H and O–H groups in total. The Bertz CT molecular complexity index is 1310. The lowest BCUT2D eigenvalue weighted by Crippen LogP contribution is -2.55. The zero-order chi connectivity index (χ0) is 23.2. The normalized spacial score (nSPS) is 21.3. The van der Waals surface area contributed by atoms with E-state index in [1.807, 2.05) is 17.7 Å². The minimum atomic E-state index is -1.19. The number of nitrogens with zero attached hydrogens (tertiary/aromatic N) is 4. The summed E-state index contributed by atoms with van der Waals surface area (Å²) < 4.78 is 3.27. The van der Waals surface area contributed by atoms with E-state index in [1.54, 1.807) is 30.9 Å². The first-order valence-electron chi connectivity index (χ1n) is 10.5. The number of imidazole rings is 1. The van der Waals surface area contributed by atoms with Gasteiger partial charge in [-0.2, -0.15) is 0 Å². The lowest BCUT2D eigenvalue weighted by molar-refractivity contribution is -0.138. The van der Waals surface area contributed by atoms with Crippen molar-refractivity contribution in [1.82, 2.24) is 24.0 Å². The Balaban J connectivity index is 1.51. The third-order valence-corrected chi connectivity index (χ3v) is 6.57. The predicted molar refractivity (Wildman–Crippen MR) is 121 cm³/mol. The quantitative estimate of drug-likeness (QED) is 0.614. The minimum absolute atomic E-state index is 0.0789. The van der Waals surface area contributed by atoms with Crippen LogP contribution in [0.25, 0.3) is 11.0 Å². The Morgan fingerprint density at radius 2 is 2.12 bits per heavy atom. The van der Waals surface area contributed by atoms with Gasteiger partial charge < -0.3 is 14.6 Å². The number of aryl methyl sites for hydroxylation is 3. The molecule has 1 aliphatic rings. The molecule has 1 aliphatic heterocycles. The second-order valence-electron chi connectivity index (χ2n) is 8.66. The highest BCUT2D eigenvalue weighted by Crippen LogP contribution is 2.31. The van der Waals surface area contributed by atoms with Crippen molar-refractivity contribution in [3.05, 3.63) is 61.6 Å². The molecule has 1 saturated heterocycles. The molecule has 0 unspecified atom stereocenters. The van der Waals surface area contributed by atoms with Crippen LogP contribution in [0.5, 0.6) is 0 Å². The molecule has 4 rings (SSSR count). The smallest absolute Gasteiger partial charge is 0.328 e. The van der Waals surface area contributed by atoms with Gasteiger partial charge in [0.15, 0.2) is 0 Å². The highest BCUT2D eigenvalue weighted by Gasteiger charge is 2.40. The number of hydrogen-bond acceptors (Lipinski definition) is 5. The fourth-order valence-corrected chi connectivity index (χ4v) is 4.45. The van der Waals surface area contributed by atoms with Gasteiger partial charge in [0, 0.05) is 49.8 Å². The molecule has 0 aliphatic carbocycles. The van der Waals surface area contributed by atoms with Crippen molar-refractivity contribution >= 4 is 28.5 Å². The molecular weight excluding hydrogens is 434 g/mol. The van der Waals surface area contributed by atoms with Crippen LogP contribution in [0.3, 0.4) is 0 Å². The second kappa shape index (κ2) is 8.22. The van der Waals surface area contributed by atoms with Gasteiger partial charge in [-0.3, -0.25) is 19.1 Å². The van der Waals surface area contributed by atoms with E-state index in [2.05, 4.69) is 9.97 Å². The summed E-state index contributed by atoms with van der Waals surface area (Å²) in [6, 6.07) is 4.84. The number of carbonyl (C=O) groups is 1. The van der Waals surface area contributed by atoms with Crippen molar-refractivity contribution in [3.63, 3.8) is 0 Å². The number of benzene rings is 1. The number of aromatic nitrogens is 4. The van der Waals surface area contributed by atoms with Crippen LogP contribution >= 0.6 is 11.6 Å². The number of aliphatic hydroxyl groups is 1. The molecule has 1 fully saturated rings. The predicted octanol–water partition coefficient (Wildman–Crippen LogP) is 1.54. The summed E-state index contributed by atoms with van der Waals surface area (Å²) >= 11 is 6.05. The van der Waals surface area contributed by atoms with Crippen LogP contribution in [0.4, 0.5) is 0 Å². The average molecular weight is 460 g/mol. The molecule has 1 amide bonds. The SMILES string of the molecule is Cc1cn([C@@H]2CN(C(=O)CCc3nc4cc(Cl)ccc4n3C)CC[C@@]2(C)O)c(=O)[nH]c1=O. The number of nitrogens with one attached hydrogen (secondary N) is 1. The molecule has 10 heteroatoms. The molecule has 0 spiro atoms. The second-order valence-corrected chi connectivity index (χ2v) is 9.10. The third-order valence-electron chi connectivity index (χ3n) is 6.33. The van der Waals surface area contributed by atoms with Crippen LogP contribution in [0.15, 0.2) is 34.0 Å². The molecule has 0 radical (unpaired) electrons. The maximum Gasteiger partial charge on any atom is 0.328 e. The lowest BCUT2D eigenvalue weighted by atomic mass is 9.88. The Hall–Kier alpha value is -2.91. The van der Waals surface area contributed by atoms with E-state index in [9.17, 15) is 19.5 Å². The van der Waals surface area contributed by atoms with Crippen molar-refractivity contribution < 1.29 is 9.90 Å². The van der Waals surface area contributed by atoms with Gasteiger partial charge in [0.2, 0.25) is 5.91 Å². The fourth-order valence-electron chi connectivity index (χ4n) is 4.28. The lowest BCUT2D eigenvalue weighted by Gasteiger charge is -2.43. The summed E-state index contributed by atoms with van der Waals surface area (Å²) in [4.78, 5) is 45.6. The van der Waals surface area contributed by atoms with Crippen LogP contribution in [0, 0.1) is 6.92 Å². The number of piperidine rings is 1. The molecule has 32 heavy (non-hydrogen) atoms. The Morgan fingerprint density at radius 1 is 1.38 bits per heavy atom. The van der Waals surface area contributed by atoms with E-state index >= 15 is 0 Å². The van der Waals surface area contributed by atoms with Gasteiger partial charge in [0.1, 0.15) is 5.82 Å². The van der Waals surface area contributed by atoms with Crippen LogP contribution in [-0.4, -0.2) is 53.7 Å². The van der Waals surface area contributed by atoms with Crippen molar-refractivity contribution in [1.29, 1.82) is 0 Å². The summed E-state index contributed by atoms with van der Waals surface area (Å²) in [7, 11) is 1.90. The van der Waals surface area contributed by atoms with E-state index in [0.29, 0.717) is 30.0 Å². The van der Waals surface area contributed by atoms with Gasteiger partial charge >= 0.3 is 5.69 Å². The first-order valence-corrected chi connectivity index (χ1v) is 10.9. The highest BCUT2D eigenvalue weighted by atomic mass is 35.5. The monoisotopic (exact) mass is 459 g/mol. The molecule has 170 valence electrons. The summed E-state index contributed by atoms with van der Waals surface area (Å²) in [5.74, 6) is 0.702. The zero-order valence-electron chi connectivity index (χ0n) is 18.3. The van der Waals surface area contributed by atoms with E-state index < -0.39 is 22.9 Å². The summed E-state index contributed by atoms with van der Waals surface area (Å²) in [5, 5.41) is 11.5. The van der Waals surface area contributed by atoms with Gasteiger partial charge in [0.05, 0.1) is 22.7 Å². The van der Waals surface area contributed by atoms with Gasteiger partial charge in [0.25, 0.3) is 5.56 Å². The number of likely N-dealkylation sites (tertiary alicyclic amines) is 1. The number of fused-ring (bicyclic) bond motifs is 1.